The van der Waals surface area contributed by atoms with E-state index in [1.807, 2.05) is 4.90 Å². The molecule has 1 heterocycles. The van der Waals surface area contributed by atoms with Gasteiger partial charge in [0.2, 0.25) is 0 Å². The third-order valence-electron chi connectivity index (χ3n) is 2.18. The normalized spacial score (nSPS) is 34.0. The van der Waals surface area contributed by atoms with Crippen molar-refractivity contribution in [1.82, 2.24) is 4.90 Å². The van der Waals surface area contributed by atoms with Crippen LogP contribution in [0, 0.1) is 0 Å². The molecule has 1 saturated heterocycles. The van der Waals surface area contributed by atoms with E-state index in [2.05, 4.69) is 0 Å². The summed E-state index contributed by atoms with van der Waals surface area (Å²) in [5, 5.41) is 17.6. The van der Waals surface area contributed by atoms with E-state index in [0.717, 1.165) is 0 Å². The fourth-order valence-electron chi connectivity index (χ4n) is 1.53. The quantitative estimate of drug-likeness (QED) is 0.626. The molecule has 0 aromatic carbocycles. The number of hydrogen-bond donors (Lipinski definition) is 2. The summed E-state index contributed by atoms with van der Waals surface area (Å²) in [6.07, 6.45) is -0.218. The first kappa shape index (κ1) is 9.89. The van der Waals surface area contributed by atoms with Crippen molar-refractivity contribution in [2.45, 2.75) is 25.1 Å². The summed E-state index contributed by atoms with van der Waals surface area (Å²) >= 11 is 0. The molecule has 0 aromatic heterocycles. The van der Waals surface area contributed by atoms with Crippen molar-refractivity contribution in [3.63, 3.8) is 0 Å². The van der Waals surface area contributed by atoms with Crippen molar-refractivity contribution in [2.24, 2.45) is 0 Å². The molecule has 1 rings (SSSR count). The van der Waals surface area contributed by atoms with Gasteiger partial charge in [0.05, 0.1) is 12.7 Å². The van der Waals surface area contributed by atoms with Gasteiger partial charge >= 0.3 is 0 Å². The van der Waals surface area contributed by atoms with E-state index in [1.165, 1.54) is 0 Å². The molecule has 0 amide bonds. The lowest BCUT2D eigenvalue weighted by atomic mass is 10.1. The standard InChI is InChI=1S/C8H16FNO2/c1-8(9)2-3-10(6-8)4-7(12)5-11/h7,11-12H,2-6H2,1H3. The molecular formula is C8H16FNO2. The predicted molar refractivity (Wildman–Crippen MR) is 43.7 cm³/mol. The minimum atomic E-state index is -1.12. The summed E-state index contributed by atoms with van der Waals surface area (Å²) in [7, 11) is 0. The van der Waals surface area contributed by atoms with Crippen molar-refractivity contribution in [1.29, 1.82) is 0 Å². The molecule has 2 unspecified atom stereocenters. The topological polar surface area (TPSA) is 43.7 Å². The number of likely N-dealkylation sites (tertiary alicyclic amines) is 1. The fraction of sp³-hybridized carbons (Fsp3) is 1.00. The molecule has 12 heavy (non-hydrogen) atoms. The van der Waals surface area contributed by atoms with Crippen LogP contribution in [0.5, 0.6) is 0 Å². The van der Waals surface area contributed by atoms with Crippen LogP contribution in [0.15, 0.2) is 0 Å². The van der Waals surface area contributed by atoms with E-state index in [1.54, 1.807) is 6.92 Å². The van der Waals surface area contributed by atoms with Crippen LogP contribution in [0.1, 0.15) is 13.3 Å². The van der Waals surface area contributed by atoms with Crippen molar-refractivity contribution < 1.29 is 14.6 Å². The number of alkyl halides is 1. The summed E-state index contributed by atoms with van der Waals surface area (Å²) in [5.41, 5.74) is -1.12. The lowest BCUT2D eigenvalue weighted by molar-refractivity contribution is 0.0610. The highest BCUT2D eigenvalue weighted by Gasteiger charge is 2.33. The highest BCUT2D eigenvalue weighted by Crippen LogP contribution is 2.24. The van der Waals surface area contributed by atoms with Crippen LogP contribution in [0.2, 0.25) is 0 Å². The number of aliphatic hydroxyl groups is 2. The maximum atomic E-state index is 13.2. The largest absolute Gasteiger partial charge is 0.394 e. The fourth-order valence-corrected chi connectivity index (χ4v) is 1.53. The summed E-state index contributed by atoms with van der Waals surface area (Å²) in [4.78, 5) is 1.83. The van der Waals surface area contributed by atoms with Crippen LogP contribution in [-0.4, -0.2) is 53.1 Å². The first-order valence-corrected chi connectivity index (χ1v) is 4.24. The Labute approximate surface area is 71.8 Å². The Balaban J connectivity index is 2.28. The second-order valence-corrected chi connectivity index (χ2v) is 3.73. The monoisotopic (exact) mass is 177 g/mol. The Kier molecular flexibility index (Phi) is 3.04. The van der Waals surface area contributed by atoms with Gasteiger partial charge in [-0.2, -0.15) is 0 Å². The minimum Gasteiger partial charge on any atom is -0.394 e. The van der Waals surface area contributed by atoms with Crippen LogP contribution in [0.4, 0.5) is 4.39 Å². The maximum Gasteiger partial charge on any atom is 0.122 e. The Hall–Kier alpha value is -0.190. The molecular weight excluding hydrogens is 161 g/mol. The molecule has 1 aliphatic rings. The molecule has 0 saturated carbocycles. The molecule has 0 aromatic rings. The van der Waals surface area contributed by atoms with Gasteiger partial charge in [-0.25, -0.2) is 4.39 Å². The van der Waals surface area contributed by atoms with Gasteiger partial charge in [0.15, 0.2) is 0 Å². The van der Waals surface area contributed by atoms with Gasteiger partial charge in [0.25, 0.3) is 0 Å². The Morgan fingerprint density at radius 3 is 2.75 bits per heavy atom. The van der Waals surface area contributed by atoms with Crippen molar-refractivity contribution in [2.75, 3.05) is 26.2 Å². The highest BCUT2D eigenvalue weighted by atomic mass is 19.1. The Morgan fingerprint density at radius 2 is 2.33 bits per heavy atom. The summed E-state index contributed by atoms with van der Waals surface area (Å²) < 4.78 is 13.2. The molecule has 2 atom stereocenters. The highest BCUT2D eigenvalue weighted by molar-refractivity contribution is 4.87. The average Bonchev–Trinajstić information content (AvgIpc) is 2.30. The van der Waals surface area contributed by atoms with E-state index in [-0.39, 0.29) is 6.61 Å². The first-order valence-electron chi connectivity index (χ1n) is 4.24. The van der Waals surface area contributed by atoms with Crippen molar-refractivity contribution >= 4 is 0 Å². The minimum absolute atomic E-state index is 0.250. The van der Waals surface area contributed by atoms with Crippen LogP contribution in [-0.2, 0) is 0 Å². The van der Waals surface area contributed by atoms with Crippen molar-refractivity contribution in [3.05, 3.63) is 0 Å². The lowest BCUT2D eigenvalue weighted by Gasteiger charge is -2.19. The van der Waals surface area contributed by atoms with Gasteiger partial charge in [0.1, 0.15) is 5.67 Å². The zero-order valence-corrected chi connectivity index (χ0v) is 7.33. The summed E-state index contributed by atoms with van der Waals surface area (Å²) in [6, 6.07) is 0. The van der Waals surface area contributed by atoms with Gasteiger partial charge < -0.3 is 10.2 Å². The molecule has 0 radical (unpaired) electrons. The second kappa shape index (κ2) is 3.68. The SMILES string of the molecule is CC1(F)CCN(CC(O)CO)C1. The number of β-amino-alcohol motifs (C(OH)–C–C–N with tert-alkyl or cyclic N) is 1. The molecule has 1 aliphatic heterocycles. The molecule has 2 N–H and O–H groups in total. The number of halogens is 1. The van der Waals surface area contributed by atoms with E-state index >= 15 is 0 Å². The number of rotatable bonds is 3. The third-order valence-corrected chi connectivity index (χ3v) is 2.18. The summed E-state index contributed by atoms with van der Waals surface area (Å²) in [6.45, 7) is 2.72. The van der Waals surface area contributed by atoms with Gasteiger partial charge in [0, 0.05) is 19.6 Å². The smallest absolute Gasteiger partial charge is 0.122 e. The molecule has 1 fully saturated rings. The zero-order valence-electron chi connectivity index (χ0n) is 7.33. The van der Waals surface area contributed by atoms with E-state index in [9.17, 15) is 4.39 Å². The Bertz CT molecular complexity index is 152. The van der Waals surface area contributed by atoms with Gasteiger partial charge in [-0.05, 0) is 13.3 Å². The maximum absolute atomic E-state index is 13.2. The molecule has 0 aliphatic carbocycles. The number of hydrogen-bond acceptors (Lipinski definition) is 3. The predicted octanol–water partition coefficient (Wildman–Crippen LogP) is -0.227. The Morgan fingerprint density at radius 1 is 1.67 bits per heavy atom. The van der Waals surface area contributed by atoms with Crippen LogP contribution >= 0.6 is 0 Å². The molecule has 0 spiro atoms. The lowest BCUT2D eigenvalue weighted by Crippen LogP contribution is -2.34. The molecule has 72 valence electrons. The molecule has 4 heteroatoms. The van der Waals surface area contributed by atoms with Gasteiger partial charge in [-0.3, -0.25) is 4.90 Å². The average molecular weight is 177 g/mol. The molecule has 3 nitrogen and oxygen atoms in total. The first-order chi connectivity index (χ1) is 5.53. The second-order valence-electron chi connectivity index (χ2n) is 3.73. The third kappa shape index (κ3) is 2.69. The van der Waals surface area contributed by atoms with E-state index in [0.29, 0.717) is 26.1 Å². The summed E-state index contributed by atoms with van der Waals surface area (Å²) in [5.74, 6) is 0. The van der Waals surface area contributed by atoms with E-state index < -0.39 is 11.8 Å². The number of aliphatic hydroxyl groups excluding tert-OH is 2. The number of nitrogens with zero attached hydrogens (tertiary/aromatic N) is 1. The van der Waals surface area contributed by atoms with E-state index in [4.69, 9.17) is 10.2 Å². The molecule has 0 bridgehead atoms. The van der Waals surface area contributed by atoms with Gasteiger partial charge in [-0.1, -0.05) is 0 Å². The van der Waals surface area contributed by atoms with Crippen LogP contribution < -0.4 is 0 Å². The van der Waals surface area contributed by atoms with Crippen molar-refractivity contribution in [3.8, 4) is 0 Å². The zero-order chi connectivity index (χ0) is 9.19. The van der Waals surface area contributed by atoms with Gasteiger partial charge in [-0.15, -0.1) is 0 Å². The van der Waals surface area contributed by atoms with Crippen LogP contribution in [0.25, 0.3) is 0 Å². The van der Waals surface area contributed by atoms with Crippen LogP contribution in [0.3, 0.4) is 0 Å².